The van der Waals surface area contributed by atoms with Crippen LogP contribution in [0.3, 0.4) is 0 Å². The highest BCUT2D eigenvalue weighted by Gasteiger charge is 2.44. The van der Waals surface area contributed by atoms with E-state index in [2.05, 4.69) is 5.32 Å². The van der Waals surface area contributed by atoms with Crippen molar-refractivity contribution in [3.05, 3.63) is 0 Å². The summed E-state index contributed by atoms with van der Waals surface area (Å²) in [6, 6.07) is -0.734. The number of carbonyl (C=O) groups is 4. The Morgan fingerprint density at radius 1 is 1.29 bits per heavy atom. The van der Waals surface area contributed by atoms with Crippen molar-refractivity contribution in [2.75, 3.05) is 19.8 Å². The largest absolute Gasteiger partial charge is 0.370 e. The van der Waals surface area contributed by atoms with Gasteiger partial charge in [-0.2, -0.15) is 0 Å². The molecule has 2 fully saturated rings. The average molecular weight is 297 g/mol. The van der Waals surface area contributed by atoms with Crippen LogP contribution in [-0.2, 0) is 19.1 Å². The third-order valence-corrected chi connectivity index (χ3v) is 3.86. The molecule has 1 aliphatic carbocycles. The number of primary amides is 1. The van der Waals surface area contributed by atoms with Gasteiger partial charge in [-0.3, -0.25) is 24.6 Å². The van der Waals surface area contributed by atoms with E-state index in [9.17, 15) is 19.2 Å². The zero-order valence-corrected chi connectivity index (χ0v) is 11.7. The maximum atomic E-state index is 12.4. The molecule has 1 atom stereocenters. The number of barbiturate groups is 1. The van der Waals surface area contributed by atoms with Crippen LogP contribution in [0.4, 0.5) is 4.79 Å². The minimum absolute atomic E-state index is 0.000335. The van der Waals surface area contributed by atoms with Crippen LogP contribution in [0.25, 0.3) is 0 Å². The minimum atomic E-state index is -0.790. The van der Waals surface area contributed by atoms with E-state index in [1.807, 2.05) is 0 Å². The van der Waals surface area contributed by atoms with Gasteiger partial charge in [0.15, 0.2) is 0 Å². The highest BCUT2D eigenvalue weighted by molar-refractivity contribution is 6.16. The topological polar surface area (TPSA) is 119 Å². The van der Waals surface area contributed by atoms with Crippen molar-refractivity contribution in [2.24, 2.45) is 17.6 Å². The van der Waals surface area contributed by atoms with Gasteiger partial charge in [0.05, 0.1) is 13.2 Å². The number of nitrogens with two attached hydrogens (primary N) is 1. The van der Waals surface area contributed by atoms with Crippen molar-refractivity contribution >= 4 is 23.8 Å². The van der Waals surface area contributed by atoms with Crippen molar-refractivity contribution in [3.63, 3.8) is 0 Å². The molecule has 116 valence electrons. The number of hydrogen-bond acceptors (Lipinski definition) is 5. The van der Waals surface area contributed by atoms with Gasteiger partial charge in [0.25, 0.3) is 0 Å². The first kappa shape index (κ1) is 15.4. The third kappa shape index (κ3) is 3.57. The van der Waals surface area contributed by atoms with E-state index in [1.54, 1.807) is 0 Å². The first-order valence-electron chi connectivity index (χ1n) is 7.03. The molecule has 1 heterocycles. The summed E-state index contributed by atoms with van der Waals surface area (Å²) in [6.45, 7) is -0.267. The lowest BCUT2D eigenvalue weighted by atomic mass is 9.87. The number of imide groups is 2. The van der Waals surface area contributed by atoms with Crippen molar-refractivity contribution in [1.29, 1.82) is 0 Å². The van der Waals surface area contributed by atoms with Gasteiger partial charge in [-0.25, -0.2) is 4.79 Å². The summed E-state index contributed by atoms with van der Waals surface area (Å²) in [5.41, 5.74) is 4.92. The lowest BCUT2D eigenvalue weighted by Gasteiger charge is -2.32. The van der Waals surface area contributed by atoms with Crippen LogP contribution >= 0.6 is 0 Å². The summed E-state index contributed by atoms with van der Waals surface area (Å²) in [6.07, 6.45) is 3.64. The molecule has 0 radical (unpaired) electrons. The predicted octanol–water partition coefficient (Wildman–Crippen LogP) is -0.627. The molecule has 8 nitrogen and oxygen atoms in total. The van der Waals surface area contributed by atoms with Gasteiger partial charge < -0.3 is 10.5 Å². The molecule has 0 aromatic carbocycles. The Balaban J connectivity index is 1.96. The van der Waals surface area contributed by atoms with Gasteiger partial charge in [0.2, 0.25) is 17.7 Å². The maximum Gasteiger partial charge on any atom is 0.330 e. The van der Waals surface area contributed by atoms with Gasteiger partial charge >= 0.3 is 6.03 Å². The van der Waals surface area contributed by atoms with Gasteiger partial charge in [-0.1, -0.05) is 12.8 Å². The Kier molecular flexibility index (Phi) is 4.89. The molecular weight excluding hydrogens is 278 g/mol. The fourth-order valence-corrected chi connectivity index (χ4v) is 2.88. The number of urea groups is 1. The van der Waals surface area contributed by atoms with E-state index in [0.717, 1.165) is 30.6 Å². The average Bonchev–Trinajstić information content (AvgIpc) is 2.90. The molecule has 1 saturated carbocycles. The molecule has 5 amide bonds. The highest BCUT2D eigenvalue weighted by Crippen LogP contribution is 2.33. The molecule has 2 aliphatic rings. The zero-order valence-electron chi connectivity index (χ0n) is 11.7. The molecule has 1 aliphatic heterocycles. The van der Waals surface area contributed by atoms with E-state index < -0.39 is 29.7 Å². The minimum Gasteiger partial charge on any atom is -0.370 e. The normalized spacial score (nSPS) is 23.5. The molecule has 8 heteroatoms. The summed E-state index contributed by atoms with van der Waals surface area (Å²) >= 11 is 0. The number of hydrogen-bond donors (Lipinski definition) is 2. The Hall–Kier alpha value is -1.96. The molecule has 0 spiro atoms. The molecule has 0 aromatic heterocycles. The standard InChI is InChI=1S/C13H19N3O5/c14-9(17)7-21-6-5-16-12(19)10(8-3-1-2-4-8)11(18)15-13(16)20/h8,10H,1-7H2,(H2,14,17)(H,15,18,20). The van der Waals surface area contributed by atoms with Crippen molar-refractivity contribution in [2.45, 2.75) is 25.7 Å². The Labute approximate surface area is 122 Å². The molecular formula is C13H19N3O5. The number of nitrogens with one attached hydrogen (secondary N) is 1. The fourth-order valence-electron chi connectivity index (χ4n) is 2.88. The molecule has 3 N–H and O–H groups in total. The number of rotatable bonds is 6. The fraction of sp³-hybridized carbons (Fsp3) is 0.692. The van der Waals surface area contributed by atoms with Crippen LogP contribution in [0.1, 0.15) is 25.7 Å². The van der Waals surface area contributed by atoms with Crippen LogP contribution in [0.5, 0.6) is 0 Å². The zero-order chi connectivity index (χ0) is 15.4. The smallest absolute Gasteiger partial charge is 0.330 e. The lowest BCUT2D eigenvalue weighted by molar-refractivity contribution is -0.145. The van der Waals surface area contributed by atoms with Crippen molar-refractivity contribution in [3.8, 4) is 0 Å². The molecule has 1 saturated heterocycles. The molecule has 0 aromatic rings. The molecule has 2 rings (SSSR count). The number of nitrogens with zero attached hydrogens (tertiary/aromatic N) is 1. The van der Waals surface area contributed by atoms with E-state index in [-0.39, 0.29) is 25.7 Å². The Bertz CT molecular complexity index is 459. The first-order valence-corrected chi connectivity index (χ1v) is 7.03. The van der Waals surface area contributed by atoms with Gasteiger partial charge in [0.1, 0.15) is 12.5 Å². The van der Waals surface area contributed by atoms with Crippen LogP contribution in [0, 0.1) is 11.8 Å². The van der Waals surface area contributed by atoms with Crippen LogP contribution in [0.2, 0.25) is 0 Å². The van der Waals surface area contributed by atoms with Gasteiger partial charge in [-0.15, -0.1) is 0 Å². The summed E-state index contributed by atoms with van der Waals surface area (Å²) in [5, 5.41) is 2.22. The number of amides is 5. The second-order valence-electron chi connectivity index (χ2n) is 5.33. The van der Waals surface area contributed by atoms with Crippen LogP contribution in [-0.4, -0.2) is 48.4 Å². The first-order chi connectivity index (χ1) is 10.0. The van der Waals surface area contributed by atoms with Crippen molar-refractivity contribution < 1.29 is 23.9 Å². The van der Waals surface area contributed by atoms with Gasteiger partial charge in [-0.05, 0) is 18.8 Å². The van der Waals surface area contributed by atoms with E-state index >= 15 is 0 Å². The van der Waals surface area contributed by atoms with E-state index in [0.29, 0.717) is 0 Å². The summed E-state index contributed by atoms with van der Waals surface area (Å²) in [4.78, 5) is 47.5. The summed E-state index contributed by atoms with van der Waals surface area (Å²) in [5.74, 6) is -2.39. The Morgan fingerprint density at radius 3 is 2.57 bits per heavy atom. The van der Waals surface area contributed by atoms with E-state index in [4.69, 9.17) is 10.5 Å². The second kappa shape index (κ2) is 6.66. The van der Waals surface area contributed by atoms with Crippen molar-refractivity contribution in [1.82, 2.24) is 10.2 Å². The highest BCUT2D eigenvalue weighted by atomic mass is 16.5. The molecule has 0 bridgehead atoms. The maximum absolute atomic E-state index is 12.4. The third-order valence-electron chi connectivity index (χ3n) is 3.86. The summed E-state index contributed by atoms with van der Waals surface area (Å²) < 4.78 is 4.95. The van der Waals surface area contributed by atoms with Crippen LogP contribution in [0.15, 0.2) is 0 Å². The quantitative estimate of drug-likeness (QED) is 0.500. The monoisotopic (exact) mass is 297 g/mol. The van der Waals surface area contributed by atoms with Gasteiger partial charge in [0, 0.05) is 0 Å². The Morgan fingerprint density at radius 2 is 1.95 bits per heavy atom. The van der Waals surface area contributed by atoms with Crippen LogP contribution < -0.4 is 11.1 Å². The SMILES string of the molecule is NC(=O)COCCN1C(=O)NC(=O)C(C2CCCC2)C1=O. The molecule has 1 unspecified atom stereocenters. The molecule has 21 heavy (non-hydrogen) atoms. The van der Waals surface area contributed by atoms with E-state index in [1.165, 1.54) is 0 Å². The predicted molar refractivity (Wildman–Crippen MR) is 70.7 cm³/mol. The number of ether oxygens (including phenoxy) is 1. The lowest BCUT2D eigenvalue weighted by Crippen LogP contribution is -2.60. The summed E-state index contributed by atoms with van der Waals surface area (Å²) in [7, 11) is 0. The second-order valence-corrected chi connectivity index (χ2v) is 5.33. The number of carbonyl (C=O) groups excluding carboxylic acids is 4.